The van der Waals surface area contributed by atoms with E-state index in [9.17, 15) is 4.79 Å². The number of piperidine rings is 1. The lowest BCUT2D eigenvalue weighted by Crippen LogP contribution is -2.47. The third-order valence-corrected chi connectivity index (χ3v) is 7.18. The van der Waals surface area contributed by atoms with E-state index in [-0.39, 0.29) is 5.56 Å². The number of likely N-dealkylation sites (tertiary alicyclic amines) is 1. The number of pyridine rings is 1. The Morgan fingerprint density at radius 1 is 1.23 bits per heavy atom. The van der Waals surface area contributed by atoms with Gasteiger partial charge in [-0.3, -0.25) is 19.7 Å². The van der Waals surface area contributed by atoms with Gasteiger partial charge in [0.2, 0.25) is 0 Å². The van der Waals surface area contributed by atoms with Crippen molar-refractivity contribution < 1.29 is 0 Å². The number of thiazole rings is 1. The standard InChI is InChI=1S/C22H28N6OS/c1-15-19(8-24-25-15)13-27-9-16-7-18(12-27)20-4-3-17(22(29)28(20)10-16)11-26(2)14-21-23-5-6-30-21/h3-6,8,16,18H,7,9-14H2,1-2H3,(H,24,25)/t16-,18+/m0/s1. The molecule has 3 aromatic rings. The zero-order valence-electron chi connectivity index (χ0n) is 17.5. The molecular formula is C22H28N6OS. The molecule has 1 N–H and O–H groups in total. The molecule has 7 nitrogen and oxygen atoms in total. The van der Waals surface area contributed by atoms with Gasteiger partial charge in [0, 0.05) is 72.7 Å². The Morgan fingerprint density at radius 2 is 2.13 bits per heavy atom. The van der Waals surface area contributed by atoms with Crippen molar-refractivity contribution in [1.82, 2.24) is 29.5 Å². The maximum absolute atomic E-state index is 13.3. The summed E-state index contributed by atoms with van der Waals surface area (Å²) >= 11 is 1.66. The smallest absolute Gasteiger partial charge is 0.255 e. The molecule has 0 radical (unpaired) electrons. The number of rotatable bonds is 6. The van der Waals surface area contributed by atoms with Crippen LogP contribution in [0.1, 0.15) is 39.9 Å². The summed E-state index contributed by atoms with van der Waals surface area (Å²) in [5.74, 6) is 0.962. The van der Waals surface area contributed by atoms with Crippen LogP contribution in [0.2, 0.25) is 0 Å². The Bertz CT molecular complexity index is 1070. The summed E-state index contributed by atoms with van der Waals surface area (Å²) in [7, 11) is 2.05. The topological polar surface area (TPSA) is 70.1 Å². The second kappa shape index (κ2) is 8.09. The number of H-pyrrole nitrogens is 1. The molecule has 0 saturated carbocycles. The molecule has 3 aromatic heterocycles. The molecule has 0 spiro atoms. The molecule has 2 aliphatic rings. The van der Waals surface area contributed by atoms with Gasteiger partial charge < -0.3 is 4.57 Å². The summed E-state index contributed by atoms with van der Waals surface area (Å²) in [6.07, 6.45) is 4.95. The number of hydrogen-bond acceptors (Lipinski definition) is 6. The number of fused-ring (bicyclic) bond motifs is 4. The van der Waals surface area contributed by atoms with E-state index in [4.69, 9.17) is 0 Å². The molecule has 1 saturated heterocycles. The van der Waals surface area contributed by atoms with E-state index < -0.39 is 0 Å². The van der Waals surface area contributed by atoms with Gasteiger partial charge in [-0.1, -0.05) is 6.07 Å². The van der Waals surface area contributed by atoms with Crippen LogP contribution in [-0.2, 0) is 26.2 Å². The lowest BCUT2D eigenvalue weighted by atomic mass is 9.83. The van der Waals surface area contributed by atoms with E-state index in [1.165, 1.54) is 17.7 Å². The van der Waals surface area contributed by atoms with Crippen LogP contribution in [0, 0.1) is 12.8 Å². The van der Waals surface area contributed by atoms with Crippen molar-refractivity contribution in [2.75, 3.05) is 20.1 Å². The van der Waals surface area contributed by atoms with Crippen molar-refractivity contribution in [3.63, 3.8) is 0 Å². The first kappa shape index (κ1) is 19.7. The Balaban J connectivity index is 1.32. The fourth-order valence-corrected chi connectivity index (χ4v) is 5.72. The zero-order valence-corrected chi connectivity index (χ0v) is 18.4. The van der Waals surface area contributed by atoms with Gasteiger partial charge in [0.15, 0.2) is 0 Å². The van der Waals surface area contributed by atoms with Crippen LogP contribution < -0.4 is 5.56 Å². The van der Waals surface area contributed by atoms with Crippen LogP contribution in [0.15, 0.2) is 34.7 Å². The van der Waals surface area contributed by atoms with Crippen LogP contribution >= 0.6 is 11.3 Å². The first-order chi connectivity index (χ1) is 14.6. The second-order valence-corrected chi connectivity index (χ2v) is 9.79. The highest BCUT2D eigenvalue weighted by atomic mass is 32.1. The molecule has 2 bridgehead atoms. The lowest BCUT2D eigenvalue weighted by Gasteiger charge is -2.43. The molecule has 0 unspecified atom stereocenters. The fraction of sp³-hybridized carbons (Fsp3) is 0.500. The van der Waals surface area contributed by atoms with Crippen LogP contribution in [-0.4, -0.2) is 49.7 Å². The molecule has 5 rings (SSSR count). The minimum Gasteiger partial charge on any atom is -0.312 e. The summed E-state index contributed by atoms with van der Waals surface area (Å²) in [6, 6.07) is 4.24. The minimum atomic E-state index is 0.187. The highest BCUT2D eigenvalue weighted by molar-refractivity contribution is 7.09. The first-order valence-corrected chi connectivity index (χ1v) is 11.5. The zero-order chi connectivity index (χ0) is 20.7. The van der Waals surface area contributed by atoms with Crippen molar-refractivity contribution in [2.24, 2.45) is 5.92 Å². The molecule has 0 amide bonds. The molecule has 1 fully saturated rings. The molecule has 2 aliphatic heterocycles. The quantitative estimate of drug-likeness (QED) is 0.659. The highest BCUT2D eigenvalue weighted by Gasteiger charge is 2.35. The Kier molecular flexibility index (Phi) is 5.30. The van der Waals surface area contributed by atoms with Crippen LogP contribution in [0.4, 0.5) is 0 Å². The monoisotopic (exact) mass is 424 g/mol. The third-order valence-electron chi connectivity index (χ3n) is 6.42. The average Bonchev–Trinajstić information content (AvgIpc) is 3.36. The maximum atomic E-state index is 13.3. The number of nitrogens with zero attached hydrogens (tertiary/aromatic N) is 5. The van der Waals surface area contributed by atoms with Crippen molar-refractivity contribution in [2.45, 2.75) is 45.4 Å². The average molecular weight is 425 g/mol. The van der Waals surface area contributed by atoms with Gasteiger partial charge in [-0.2, -0.15) is 5.10 Å². The molecule has 2 atom stereocenters. The van der Waals surface area contributed by atoms with Gasteiger partial charge >= 0.3 is 0 Å². The Labute approximate surface area is 180 Å². The van der Waals surface area contributed by atoms with E-state index >= 15 is 0 Å². The third kappa shape index (κ3) is 3.87. The van der Waals surface area contributed by atoms with Gasteiger partial charge in [-0.25, -0.2) is 4.98 Å². The van der Waals surface area contributed by atoms with Crippen LogP contribution in [0.3, 0.4) is 0 Å². The summed E-state index contributed by atoms with van der Waals surface area (Å²) in [5, 5.41) is 10.3. The molecular weight excluding hydrogens is 396 g/mol. The predicted molar refractivity (Wildman–Crippen MR) is 117 cm³/mol. The van der Waals surface area contributed by atoms with Crippen LogP contribution in [0.25, 0.3) is 0 Å². The van der Waals surface area contributed by atoms with Crippen molar-refractivity contribution in [3.05, 3.63) is 67.8 Å². The van der Waals surface area contributed by atoms with Gasteiger partial charge in [0.25, 0.3) is 5.56 Å². The lowest BCUT2D eigenvalue weighted by molar-refractivity contribution is 0.114. The first-order valence-electron chi connectivity index (χ1n) is 10.6. The van der Waals surface area contributed by atoms with Gasteiger partial charge in [0.05, 0.1) is 12.7 Å². The summed E-state index contributed by atoms with van der Waals surface area (Å²) < 4.78 is 2.06. The second-order valence-electron chi connectivity index (χ2n) is 8.81. The fourth-order valence-electron chi connectivity index (χ4n) is 5.02. The molecule has 8 heteroatoms. The number of hydrogen-bond donors (Lipinski definition) is 1. The van der Waals surface area contributed by atoms with E-state index in [1.807, 2.05) is 23.8 Å². The van der Waals surface area contributed by atoms with E-state index in [1.54, 1.807) is 11.3 Å². The summed E-state index contributed by atoms with van der Waals surface area (Å²) in [5.41, 5.74) is 4.69. The van der Waals surface area contributed by atoms with E-state index in [0.29, 0.717) is 18.4 Å². The van der Waals surface area contributed by atoms with Crippen LogP contribution in [0.5, 0.6) is 0 Å². The minimum absolute atomic E-state index is 0.187. The van der Waals surface area contributed by atoms with E-state index in [2.05, 4.69) is 49.6 Å². The molecule has 30 heavy (non-hydrogen) atoms. The SMILES string of the molecule is Cc1[nH]ncc1CN1C[C@@H]2C[C@H](C1)c1ccc(CN(C)Cc3nccs3)c(=O)n1C2. The highest BCUT2D eigenvalue weighted by Crippen LogP contribution is 2.35. The van der Waals surface area contributed by atoms with Crippen molar-refractivity contribution in [3.8, 4) is 0 Å². The largest absolute Gasteiger partial charge is 0.312 e. The van der Waals surface area contributed by atoms with Gasteiger partial charge in [0.1, 0.15) is 5.01 Å². The molecule has 5 heterocycles. The van der Waals surface area contributed by atoms with Crippen molar-refractivity contribution >= 4 is 11.3 Å². The number of nitrogens with one attached hydrogen (secondary N) is 1. The number of aromatic nitrogens is 4. The molecule has 0 aromatic carbocycles. The number of aromatic amines is 1. The molecule has 158 valence electrons. The predicted octanol–water partition coefficient (Wildman–Crippen LogP) is 2.59. The summed E-state index contributed by atoms with van der Waals surface area (Å²) in [4.78, 5) is 22.3. The maximum Gasteiger partial charge on any atom is 0.255 e. The Morgan fingerprint density at radius 3 is 2.90 bits per heavy atom. The summed E-state index contributed by atoms with van der Waals surface area (Å²) in [6.45, 7) is 7.31. The molecule has 0 aliphatic carbocycles. The Hall–Kier alpha value is -2.29. The van der Waals surface area contributed by atoms with Gasteiger partial charge in [-0.05, 0) is 32.4 Å². The van der Waals surface area contributed by atoms with E-state index in [0.717, 1.165) is 49.0 Å². The number of aryl methyl sites for hydroxylation is 1. The van der Waals surface area contributed by atoms with Crippen molar-refractivity contribution in [1.29, 1.82) is 0 Å². The normalized spacial score (nSPS) is 21.2. The van der Waals surface area contributed by atoms with Gasteiger partial charge in [-0.15, -0.1) is 11.3 Å².